The maximum atomic E-state index is 13.2. The third kappa shape index (κ3) is 4.56. The standard InChI is InChI=1S/C28H30N6OS/c1-19-17-24(20(2)33(19)16-15-22-11-7-5-8-12-22)25-18-36-28(31-30-25)29-26-21(3)32(4)34(27(26)35)23-13-9-6-10-14-23/h5-14,17H,15-16,18H2,1-4H3,(H,29,31). The molecule has 1 aliphatic heterocycles. The average Bonchev–Trinajstić information content (AvgIpc) is 3.30. The molecule has 36 heavy (non-hydrogen) atoms. The number of hydrazone groups is 1. The smallest absolute Gasteiger partial charge is 0.297 e. The lowest BCUT2D eigenvalue weighted by molar-refractivity contribution is 0.630. The number of thioether (sulfide) groups is 1. The van der Waals surface area contributed by atoms with E-state index in [0.29, 0.717) is 16.6 Å². The van der Waals surface area contributed by atoms with Crippen LogP contribution in [0.1, 0.15) is 28.2 Å². The third-order valence-corrected chi connectivity index (χ3v) is 7.59. The van der Waals surface area contributed by atoms with E-state index >= 15 is 0 Å². The maximum Gasteiger partial charge on any atom is 0.297 e. The van der Waals surface area contributed by atoms with Crippen molar-refractivity contribution in [2.75, 3.05) is 5.75 Å². The molecule has 2 aromatic heterocycles. The molecule has 1 N–H and O–H groups in total. The van der Waals surface area contributed by atoms with Crippen LogP contribution in [0.3, 0.4) is 0 Å². The lowest BCUT2D eigenvalue weighted by Crippen LogP contribution is -2.26. The summed E-state index contributed by atoms with van der Waals surface area (Å²) in [6.07, 6.45) is 0.990. The van der Waals surface area contributed by atoms with Crippen LogP contribution in [0.4, 0.5) is 5.69 Å². The number of rotatable bonds is 6. The Labute approximate surface area is 215 Å². The largest absolute Gasteiger partial charge is 0.348 e. The highest BCUT2D eigenvalue weighted by molar-refractivity contribution is 8.14. The van der Waals surface area contributed by atoms with Gasteiger partial charge >= 0.3 is 0 Å². The van der Waals surface area contributed by atoms with Gasteiger partial charge in [-0.05, 0) is 51.0 Å². The van der Waals surface area contributed by atoms with Gasteiger partial charge in [-0.2, -0.15) is 5.10 Å². The molecule has 7 nitrogen and oxygen atoms in total. The zero-order valence-corrected chi connectivity index (χ0v) is 21.8. The van der Waals surface area contributed by atoms with E-state index in [2.05, 4.69) is 70.3 Å². The number of benzene rings is 2. The molecule has 4 aromatic rings. The minimum absolute atomic E-state index is 0.146. The van der Waals surface area contributed by atoms with Gasteiger partial charge in [-0.25, -0.2) is 9.67 Å². The highest BCUT2D eigenvalue weighted by Crippen LogP contribution is 2.23. The normalized spacial score (nSPS) is 14.7. The molecule has 8 heteroatoms. The quantitative estimate of drug-likeness (QED) is 0.412. The van der Waals surface area contributed by atoms with Crippen LogP contribution in [0.25, 0.3) is 5.69 Å². The molecule has 5 rings (SSSR count). The number of aryl methyl sites for hydroxylation is 2. The van der Waals surface area contributed by atoms with Gasteiger partial charge in [0.15, 0.2) is 10.9 Å². The molecule has 2 aromatic carbocycles. The first-order valence-electron chi connectivity index (χ1n) is 12.0. The zero-order valence-electron chi connectivity index (χ0n) is 21.0. The van der Waals surface area contributed by atoms with Gasteiger partial charge in [-0.1, -0.05) is 60.3 Å². The summed E-state index contributed by atoms with van der Waals surface area (Å²) in [5, 5.41) is 5.27. The van der Waals surface area contributed by atoms with Gasteiger partial charge in [0, 0.05) is 36.3 Å². The second-order valence-electron chi connectivity index (χ2n) is 8.96. The molecule has 0 radical (unpaired) electrons. The Morgan fingerprint density at radius 3 is 2.36 bits per heavy atom. The maximum absolute atomic E-state index is 13.2. The number of amidine groups is 1. The first kappa shape index (κ1) is 23.9. The first-order chi connectivity index (χ1) is 17.4. The number of aliphatic imine (C=N–C) groups is 1. The van der Waals surface area contributed by atoms with Crippen LogP contribution in [0.15, 0.2) is 81.6 Å². The van der Waals surface area contributed by atoms with E-state index in [1.54, 1.807) is 16.4 Å². The Kier molecular flexibility index (Phi) is 6.69. The molecule has 0 bridgehead atoms. The SMILES string of the molecule is Cc1cc(C2=NNC(=Nc3c(C)n(C)n(-c4ccccc4)c3=O)SC2)c(C)n1CCc1ccccc1. The number of nitrogens with zero attached hydrogens (tertiary/aromatic N) is 5. The lowest BCUT2D eigenvalue weighted by Gasteiger charge is -2.15. The highest BCUT2D eigenvalue weighted by atomic mass is 32.2. The Bertz CT molecular complexity index is 1510. The fourth-order valence-electron chi connectivity index (χ4n) is 4.62. The van der Waals surface area contributed by atoms with E-state index < -0.39 is 0 Å². The summed E-state index contributed by atoms with van der Waals surface area (Å²) >= 11 is 1.56. The first-order valence-corrected chi connectivity index (χ1v) is 13.0. The van der Waals surface area contributed by atoms with E-state index in [4.69, 9.17) is 0 Å². The van der Waals surface area contributed by atoms with E-state index in [1.165, 1.54) is 17.0 Å². The fourth-order valence-corrected chi connectivity index (χ4v) is 5.38. The Balaban J connectivity index is 1.36. The van der Waals surface area contributed by atoms with Gasteiger partial charge in [0.25, 0.3) is 5.56 Å². The topological polar surface area (TPSA) is 68.6 Å². The van der Waals surface area contributed by atoms with Crippen molar-refractivity contribution < 1.29 is 0 Å². The van der Waals surface area contributed by atoms with Crippen LogP contribution in [-0.2, 0) is 20.0 Å². The molecule has 0 atom stereocenters. The summed E-state index contributed by atoms with van der Waals surface area (Å²) in [5.41, 5.74) is 10.9. The number of aromatic nitrogens is 3. The number of hydrogen-bond acceptors (Lipinski definition) is 4. The van der Waals surface area contributed by atoms with E-state index in [-0.39, 0.29) is 5.56 Å². The van der Waals surface area contributed by atoms with Crippen molar-refractivity contribution in [1.82, 2.24) is 19.4 Å². The van der Waals surface area contributed by atoms with E-state index in [0.717, 1.165) is 35.6 Å². The number of para-hydroxylation sites is 1. The van der Waals surface area contributed by atoms with Crippen LogP contribution >= 0.6 is 11.8 Å². The van der Waals surface area contributed by atoms with Gasteiger partial charge in [0.1, 0.15) is 0 Å². The van der Waals surface area contributed by atoms with E-state index in [1.807, 2.05) is 49.0 Å². The molecule has 1 aliphatic rings. The van der Waals surface area contributed by atoms with Crippen molar-refractivity contribution in [3.8, 4) is 5.69 Å². The van der Waals surface area contributed by atoms with Gasteiger partial charge in [0.2, 0.25) is 0 Å². The van der Waals surface area contributed by atoms with Crippen molar-refractivity contribution in [3.05, 3.63) is 105 Å². The summed E-state index contributed by atoms with van der Waals surface area (Å²) in [4.78, 5) is 17.8. The zero-order chi connectivity index (χ0) is 25.2. The predicted molar refractivity (Wildman–Crippen MR) is 149 cm³/mol. The predicted octanol–water partition coefficient (Wildman–Crippen LogP) is 4.87. The van der Waals surface area contributed by atoms with Crippen LogP contribution in [-0.4, -0.2) is 30.6 Å². The van der Waals surface area contributed by atoms with Crippen molar-refractivity contribution in [2.45, 2.75) is 33.7 Å². The molecule has 0 saturated carbocycles. The molecular formula is C28H30N6OS. The van der Waals surface area contributed by atoms with Crippen LogP contribution in [0.2, 0.25) is 0 Å². The minimum Gasteiger partial charge on any atom is -0.348 e. The van der Waals surface area contributed by atoms with Gasteiger partial charge in [-0.3, -0.25) is 14.9 Å². The Morgan fingerprint density at radius 1 is 1.00 bits per heavy atom. The Hall–Kier alpha value is -3.78. The third-order valence-electron chi connectivity index (χ3n) is 6.72. The molecule has 0 saturated heterocycles. The molecule has 0 fully saturated rings. The fraction of sp³-hybridized carbons (Fsp3) is 0.250. The lowest BCUT2D eigenvalue weighted by atomic mass is 10.1. The van der Waals surface area contributed by atoms with Crippen molar-refractivity contribution in [1.29, 1.82) is 0 Å². The van der Waals surface area contributed by atoms with Crippen molar-refractivity contribution >= 4 is 28.3 Å². The van der Waals surface area contributed by atoms with Crippen molar-refractivity contribution in [2.24, 2.45) is 17.1 Å². The molecule has 0 spiro atoms. The highest BCUT2D eigenvalue weighted by Gasteiger charge is 2.21. The molecule has 184 valence electrons. The molecular weight excluding hydrogens is 468 g/mol. The van der Waals surface area contributed by atoms with Gasteiger partial charge in [0.05, 0.1) is 17.1 Å². The summed E-state index contributed by atoms with van der Waals surface area (Å²) < 4.78 is 5.84. The number of nitrogens with one attached hydrogen (secondary N) is 1. The second-order valence-corrected chi connectivity index (χ2v) is 9.92. The summed E-state index contributed by atoms with van der Waals surface area (Å²) in [6, 6.07) is 22.4. The van der Waals surface area contributed by atoms with Crippen LogP contribution in [0.5, 0.6) is 0 Å². The van der Waals surface area contributed by atoms with E-state index in [9.17, 15) is 4.79 Å². The monoisotopic (exact) mass is 498 g/mol. The molecule has 0 unspecified atom stereocenters. The molecule has 3 heterocycles. The Morgan fingerprint density at radius 2 is 1.69 bits per heavy atom. The number of hydrogen-bond donors (Lipinski definition) is 1. The summed E-state index contributed by atoms with van der Waals surface area (Å²) in [6.45, 7) is 7.15. The summed E-state index contributed by atoms with van der Waals surface area (Å²) in [5.74, 6) is 0.688. The summed E-state index contributed by atoms with van der Waals surface area (Å²) in [7, 11) is 1.87. The van der Waals surface area contributed by atoms with Crippen LogP contribution in [0, 0.1) is 20.8 Å². The van der Waals surface area contributed by atoms with Gasteiger partial charge in [-0.15, -0.1) is 0 Å². The minimum atomic E-state index is -0.146. The average molecular weight is 499 g/mol. The van der Waals surface area contributed by atoms with Crippen molar-refractivity contribution in [3.63, 3.8) is 0 Å². The molecule has 0 aliphatic carbocycles. The van der Waals surface area contributed by atoms with Crippen LogP contribution < -0.4 is 11.0 Å². The molecule has 0 amide bonds. The van der Waals surface area contributed by atoms with Gasteiger partial charge < -0.3 is 4.57 Å². The second kappa shape index (κ2) is 10.1.